The van der Waals surface area contributed by atoms with Crippen LogP contribution < -0.4 is 5.32 Å². The van der Waals surface area contributed by atoms with Crippen molar-refractivity contribution in [2.75, 3.05) is 27.3 Å². The van der Waals surface area contributed by atoms with Crippen molar-refractivity contribution in [1.82, 2.24) is 20.4 Å². The van der Waals surface area contributed by atoms with Crippen LogP contribution in [-0.2, 0) is 9.53 Å². The van der Waals surface area contributed by atoms with Crippen molar-refractivity contribution in [2.45, 2.75) is 31.8 Å². The second kappa shape index (κ2) is 8.42. The Bertz CT molecular complexity index is 711. The number of nitrogens with one attached hydrogen (secondary N) is 1. The van der Waals surface area contributed by atoms with Crippen molar-refractivity contribution in [1.29, 1.82) is 0 Å². The van der Waals surface area contributed by atoms with E-state index >= 15 is 0 Å². The highest BCUT2D eigenvalue weighted by Gasteiger charge is 2.34. The van der Waals surface area contributed by atoms with Gasteiger partial charge < -0.3 is 14.2 Å². The highest BCUT2D eigenvalue weighted by Crippen LogP contribution is 2.32. The van der Waals surface area contributed by atoms with Crippen molar-refractivity contribution in [3.05, 3.63) is 47.6 Å². The van der Waals surface area contributed by atoms with Gasteiger partial charge in [0.05, 0.1) is 6.04 Å². The van der Waals surface area contributed by atoms with Gasteiger partial charge in [0.1, 0.15) is 6.04 Å². The molecule has 0 saturated carbocycles. The molecule has 0 bridgehead atoms. The number of carbonyl (C=O) groups excluding carboxylic acids is 1. The molecule has 140 valence electrons. The molecule has 7 heteroatoms. The zero-order chi connectivity index (χ0) is 18.5. The number of ether oxygens (including phenoxy) is 1. The molecule has 2 aromatic rings. The van der Waals surface area contributed by atoms with Crippen LogP contribution in [0.3, 0.4) is 0 Å². The molecule has 1 N–H and O–H groups in total. The number of hydrogen-bond donors (Lipinski definition) is 1. The first-order valence-electron chi connectivity index (χ1n) is 8.96. The molecule has 3 rings (SSSR count). The lowest BCUT2D eigenvalue weighted by Crippen LogP contribution is -2.42. The van der Waals surface area contributed by atoms with Crippen LogP contribution in [0.25, 0.3) is 0 Å². The molecule has 1 aliphatic heterocycles. The zero-order valence-electron chi connectivity index (χ0n) is 15.5. The summed E-state index contributed by atoms with van der Waals surface area (Å²) in [6, 6.07) is 9.05. The van der Waals surface area contributed by atoms with Crippen LogP contribution in [0, 0.1) is 12.8 Å². The van der Waals surface area contributed by atoms with Gasteiger partial charge in [0.25, 0.3) is 0 Å². The summed E-state index contributed by atoms with van der Waals surface area (Å²) in [4.78, 5) is 18.9. The lowest BCUT2D eigenvalue weighted by molar-refractivity contribution is -0.131. The minimum Gasteiger partial charge on any atom is -0.381 e. The number of rotatable bonds is 6. The first-order chi connectivity index (χ1) is 12.6. The van der Waals surface area contributed by atoms with Crippen LogP contribution in [0.1, 0.15) is 42.2 Å². The van der Waals surface area contributed by atoms with Crippen molar-refractivity contribution < 1.29 is 14.1 Å². The molecule has 0 unspecified atom stereocenters. The molecule has 0 spiro atoms. The summed E-state index contributed by atoms with van der Waals surface area (Å²) in [5.41, 5.74) is 0.916. The number of likely N-dealkylation sites (N-methyl/N-ethyl adjacent to an activating group) is 1. The molecule has 2 heterocycles. The van der Waals surface area contributed by atoms with E-state index in [2.05, 4.69) is 15.5 Å². The average molecular weight is 358 g/mol. The fraction of sp³-hybridized carbons (Fsp3) is 0.526. The molecular formula is C19H26N4O3. The van der Waals surface area contributed by atoms with Gasteiger partial charge in [0.2, 0.25) is 11.8 Å². The number of carbonyl (C=O) groups is 1. The SMILES string of the molecule is Cc1noc([C@H](N[C@@H](C(=O)N(C)C)c2ccccc2)C2CCOCC2)n1. The van der Waals surface area contributed by atoms with Crippen LogP contribution in [0.2, 0.25) is 0 Å². The maximum Gasteiger partial charge on any atom is 0.244 e. The first kappa shape index (κ1) is 18.5. The summed E-state index contributed by atoms with van der Waals surface area (Å²) in [6.45, 7) is 3.20. The maximum absolute atomic E-state index is 12.9. The van der Waals surface area contributed by atoms with E-state index in [1.165, 1.54) is 0 Å². The van der Waals surface area contributed by atoms with Gasteiger partial charge in [-0.15, -0.1) is 0 Å². The minimum atomic E-state index is -0.480. The van der Waals surface area contributed by atoms with E-state index in [4.69, 9.17) is 9.26 Å². The van der Waals surface area contributed by atoms with Gasteiger partial charge in [0.15, 0.2) is 5.82 Å². The molecular weight excluding hydrogens is 332 g/mol. The van der Waals surface area contributed by atoms with Gasteiger partial charge in [-0.25, -0.2) is 0 Å². The summed E-state index contributed by atoms with van der Waals surface area (Å²) in [6.07, 6.45) is 1.77. The number of aryl methyl sites for hydroxylation is 1. The number of aromatic nitrogens is 2. The predicted molar refractivity (Wildman–Crippen MR) is 96.3 cm³/mol. The predicted octanol–water partition coefficient (Wildman–Crippen LogP) is 2.26. The molecule has 26 heavy (non-hydrogen) atoms. The Morgan fingerprint density at radius 3 is 2.50 bits per heavy atom. The summed E-state index contributed by atoms with van der Waals surface area (Å²) in [5.74, 6) is 1.38. The maximum atomic E-state index is 12.9. The van der Waals surface area contributed by atoms with Crippen molar-refractivity contribution in [3.8, 4) is 0 Å². The van der Waals surface area contributed by atoms with Crippen molar-refractivity contribution in [2.24, 2.45) is 5.92 Å². The Hall–Kier alpha value is -2.25. The Morgan fingerprint density at radius 1 is 1.23 bits per heavy atom. The zero-order valence-corrected chi connectivity index (χ0v) is 15.5. The Labute approximate surface area is 153 Å². The van der Waals surface area contributed by atoms with Gasteiger partial charge in [-0.2, -0.15) is 4.98 Å². The highest BCUT2D eigenvalue weighted by atomic mass is 16.5. The second-order valence-corrected chi connectivity index (χ2v) is 6.85. The van der Waals surface area contributed by atoms with Crippen LogP contribution >= 0.6 is 0 Å². The third-order valence-corrected chi connectivity index (χ3v) is 4.71. The van der Waals surface area contributed by atoms with Gasteiger partial charge in [0, 0.05) is 27.3 Å². The first-order valence-corrected chi connectivity index (χ1v) is 8.96. The van der Waals surface area contributed by atoms with E-state index in [1.807, 2.05) is 30.3 Å². The average Bonchev–Trinajstić information content (AvgIpc) is 3.09. The van der Waals surface area contributed by atoms with Crippen LogP contribution in [0.5, 0.6) is 0 Å². The van der Waals surface area contributed by atoms with E-state index < -0.39 is 6.04 Å². The molecule has 1 amide bonds. The van der Waals surface area contributed by atoms with Crippen LogP contribution in [0.15, 0.2) is 34.9 Å². The third-order valence-electron chi connectivity index (χ3n) is 4.71. The quantitative estimate of drug-likeness (QED) is 0.853. The Morgan fingerprint density at radius 2 is 1.92 bits per heavy atom. The number of hydrogen-bond acceptors (Lipinski definition) is 6. The van der Waals surface area contributed by atoms with Gasteiger partial charge >= 0.3 is 0 Å². The molecule has 1 aromatic carbocycles. The van der Waals surface area contributed by atoms with Crippen LogP contribution in [-0.4, -0.2) is 48.3 Å². The lowest BCUT2D eigenvalue weighted by Gasteiger charge is -2.32. The summed E-state index contributed by atoms with van der Waals surface area (Å²) in [5, 5.41) is 7.45. The van der Waals surface area contributed by atoms with E-state index in [9.17, 15) is 4.79 Å². The second-order valence-electron chi connectivity index (χ2n) is 6.85. The molecule has 2 atom stereocenters. The largest absolute Gasteiger partial charge is 0.381 e. The smallest absolute Gasteiger partial charge is 0.244 e. The molecule has 1 aromatic heterocycles. The Balaban J connectivity index is 1.92. The standard InChI is InChI=1S/C19H26N4O3/c1-13-20-18(26-22-13)16(15-9-11-25-12-10-15)21-17(19(24)23(2)3)14-7-5-4-6-8-14/h4-8,15-17,21H,9-12H2,1-3H3/t16-,17-/m1/s1. The lowest BCUT2D eigenvalue weighted by atomic mass is 9.90. The topological polar surface area (TPSA) is 80.5 Å². The van der Waals surface area contributed by atoms with Crippen molar-refractivity contribution >= 4 is 5.91 Å². The van der Waals surface area contributed by atoms with E-state index in [-0.39, 0.29) is 17.9 Å². The van der Waals surface area contributed by atoms with E-state index in [0.717, 1.165) is 18.4 Å². The summed E-state index contributed by atoms with van der Waals surface area (Å²) in [7, 11) is 3.53. The third kappa shape index (κ3) is 4.28. The number of benzene rings is 1. The van der Waals surface area contributed by atoms with Crippen LogP contribution in [0.4, 0.5) is 0 Å². The Kier molecular flexibility index (Phi) is 6.00. The van der Waals surface area contributed by atoms with Gasteiger partial charge in [-0.05, 0) is 31.2 Å². The van der Waals surface area contributed by atoms with E-state index in [1.54, 1.807) is 25.9 Å². The fourth-order valence-corrected chi connectivity index (χ4v) is 3.29. The molecule has 0 radical (unpaired) electrons. The molecule has 1 fully saturated rings. The number of amides is 1. The van der Waals surface area contributed by atoms with Crippen molar-refractivity contribution in [3.63, 3.8) is 0 Å². The fourth-order valence-electron chi connectivity index (χ4n) is 3.29. The highest BCUT2D eigenvalue weighted by molar-refractivity contribution is 5.82. The molecule has 1 aliphatic rings. The molecule has 7 nitrogen and oxygen atoms in total. The normalized spacial score (nSPS) is 17.7. The monoisotopic (exact) mass is 358 g/mol. The van der Waals surface area contributed by atoms with E-state index in [0.29, 0.717) is 24.9 Å². The van der Waals surface area contributed by atoms with Gasteiger partial charge in [-0.1, -0.05) is 35.5 Å². The summed E-state index contributed by atoms with van der Waals surface area (Å²) < 4.78 is 11.0. The summed E-state index contributed by atoms with van der Waals surface area (Å²) >= 11 is 0. The minimum absolute atomic E-state index is 0.00973. The number of nitrogens with zero attached hydrogens (tertiary/aromatic N) is 3. The molecule has 1 saturated heterocycles. The molecule has 0 aliphatic carbocycles. The van der Waals surface area contributed by atoms with Gasteiger partial charge in [-0.3, -0.25) is 10.1 Å².